The molecule has 2 rings (SSSR count). The highest BCUT2D eigenvalue weighted by Gasteiger charge is 2.27. The Morgan fingerprint density at radius 2 is 1.96 bits per heavy atom. The lowest BCUT2D eigenvalue weighted by molar-refractivity contribution is 0.0346. The highest BCUT2D eigenvalue weighted by molar-refractivity contribution is 5.74. The largest absolute Gasteiger partial charge is 0.388 e. The number of carbonyl (C=O) groups is 1. The SMILES string of the molecule is CCC(O)(CC)CNC(=O)NC1CCN(Cc2ccccc2)C(C)C1. The number of likely N-dealkylation sites (tertiary alicyclic amines) is 1. The summed E-state index contributed by atoms with van der Waals surface area (Å²) < 4.78 is 0. The molecule has 1 heterocycles. The van der Waals surface area contributed by atoms with Crippen molar-refractivity contribution in [3.05, 3.63) is 35.9 Å². The van der Waals surface area contributed by atoms with Gasteiger partial charge in [0.2, 0.25) is 0 Å². The van der Waals surface area contributed by atoms with E-state index in [0.717, 1.165) is 25.9 Å². The molecule has 5 nitrogen and oxygen atoms in total. The molecule has 1 aromatic rings. The Hall–Kier alpha value is -1.59. The third kappa shape index (κ3) is 6.01. The number of nitrogens with zero attached hydrogens (tertiary/aromatic N) is 1. The molecular weight excluding hydrogens is 314 g/mol. The molecule has 0 bridgehead atoms. The van der Waals surface area contributed by atoms with Crippen LogP contribution in [0, 0.1) is 0 Å². The number of piperidine rings is 1. The van der Waals surface area contributed by atoms with E-state index in [1.165, 1.54) is 5.56 Å². The first kappa shape index (κ1) is 19.7. The van der Waals surface area contributed by atoms with Crippen LogP contribution >= 0.6 is 0 Å². The van der Waals surface area contributed by atoms with E-state index < -0.39 is 5.60 Å². The Kier molecular flexibility index (Phi) is 7.26. The average Bonchev–Trinajstić information content (AvgIpc) is 2.63. The molecule has 0 saturated carbocycles. The summed E-state index contributed by atoms with van der Waals surface area (Å²) in [4.78, 5) is 14.6. The minimum absolute atomic E-state index is 0.172. The van der Waals surface area contributed by atoms with Crippen molar-refractivity contribution in [1.29, 1.82) is 0 Å². The summed E-state index contributed by atoms with van der Waals surface area (Å²) in [5.74, 6) is 0. The zero-order valence-corrected chi connectivity index (χ0v) is 15.8. The zero-order chi connectivity index (χ0) is 18.3. The Morgan fingerprint density at radius 1 is 1.28 bits per heavy atom. The van der Waals surface area contributed by atoms with Crippen molar-refractivity contribution in [2.24, 2.45) is 0 Å². The minimum Gasteiger partial charge on any atom is -0.388 e. The third-order valence-corrected chi connectivity index (χ3v) is 5.47. The fraction of sp³-hybridized carbons (Fsp3) is 0.650. The number of urea groups is 1. The maximum atomic E-state index is 12.1. The molecule has 0 aliphatic carbocycles. The van der Waals surface area contributed by atoms with Crippen LogP contribution in [0.1, 0.15) is 52.0 Å². The first-order valence-electron chi connectivity index (χ1n) is 9.50. The maximum Gasteiger partial charge on any atom is 0.315 e. The molecule has 25 heavy (non-hydrogen) atoms. The molecule has 2 amide bonds. The first-order valence-corrected chi connectivity index (χ1v) is 9.50. The lowest BCUT2D eigenvalue weighted by Gasteiger charge is -2.38. The molecule has 0 spiro atoms. The number of benzene rings is 1. The second kappa shape index (κ2) is 9.20. The number of hydrogen-bond acceptors (Lipinski definition) is 3. The summed E-state index contributed by atoms with van der Waals surface area (Å²) in [6.07, 6.45) is 3.18. The van der Waals surface area contributed by atoms with E-state index in [2.05, 4.69) is 46.7 Å². The van der Waals surface area contributed by atoms with Gasteiger partial charge in [0.15, 0.2) is 0 Å². The Bertz CT molecular complexity index is 531. The van der Waals surface area contributed by atoms with E-state index in [9.17, 15) is 9.90 Å². The lowest BCUT2D eigenvalue weighted by Crippen LogP contribution is -2.52. The minimum atomic E-state index is -0.802. The van der Waals surface area contributed by atoms with E-state index in [1.807, 2.05) is 19.9 Å². The molecule has 0 radical (unpaired) electrons. The number of nitrogens with one attached hydrogen (secondary N) is 2. The zero-order valence-electron chi connectivity index (χ0n) is 15.8. The van der Waals surface area contributed by atoms with Crippen LogP contribution in [0.15, 0.2) is 30.3 Å². The Balaban J connectivity index is 1.76. The fourth-order valence-electron chi connectivity index (χ4n) is 3.39. The van der Waals surface area contributed by atoms with Gasteiger partial charge in [0.1, 0.15) is 0 Å². The lowest BCUT2D eigenvalue weighted by atomic mass is 9.97. The van der Waals surface area contributed by atoms with Gasteiger partial charge in [-0.3, -0.25) is 4.90 Å². The van der Waals surface area contributed by atoms with Crippen molar-refractivity contribution in [3.63, 3.8) is 0 Å². The highest BCUT2D eigenvalue weighted by atomic mass is 16.3. The number of rotatable bonds is 7. The fourth-order valence-corrected chi connectivity index (χ4v) is 3.39. The van der Waals surface area contributed by atoms with Crippen LogP contribution < -0.4 is 10.6 Å². The molecule has 1 aliphatic rings. The van der Waals surface area contributed by atoms with Crippen molar-refractivity contribution in [2.75, 3.05) is 13.1 Å². The van der Waals surface area contributed by atoms with Gasteiger partial charge in [-0.15, -0.1) is 0 Å². The molecule has 5 heteroatoms. The van der Waals surface area contributed by atoms with Gasteiger partial charge in [0, 0.05) is 31.7 Å². The second-order valence-electron chi connectivity index (χ2n) is 7.28. The molecule has 1 aliphatic heterocycles. The second-order valence-corrected chi connectivity index (χ2v) is 7.28. The van der Waals surface area contributed by atoms with Crippen LogP contribution in [0.2, 0.25) is 0 Å². The van der Waals surface area contributed by atoms with Crippen LogP contribution in [-0.4, -0.2) is 46.8 Å². The van der Waals surface area contributed by atoms with E-state index in [0.29, 0.717) is 25.4 Å². The smallest absolute Gasteiger partial charge is 0.315 e. The van der Waals surface area contributed by atoms with E-state index in [1.54, 1.807) is 0 Å². The van der Waals surface area contributed by atoms with E-state index in [-0.39, 0.29) is 12.1 Å². The molecule has 3 N–H and O–H groups in total. The first-order chi connectivity index (χ1) is 12.0. The molecular formula is C20H33N3O2. The summed E-state index contributed by atoms with van der Waals surface area (Å²) >= 11 is 0. The maximum absolute atomic E-state index is 12.1. The van der Waals surface area contributed by atoms with Crippen LogP contribution in [0.4, 0.5) is 4.79 Å². The number of amides is 2. The van der Waals surface area contributed by atoms with Gasteiger partial charge in [-0.1, -0.05) is 44.2 Å². The summed E-state index contributed by atoms with van der Waals surface area (Å²) in [5, 5.41) is 16.1. The van der Waals surface area contributed by atoms with Gasteiger partial charge >= 0.3 is 6.03 Å². The van der Waals surface area contributed by atoms with E-state index in [4.69, 9.17) is 0 Å². The van der Waals surface area contributed by atoms with Crippen LogP contribution in [0.3, 0.4) is 0 Å². The molecule has 140 valence electrons. The van der Waals surface area contributed by atoms with Gasteiger partial charge in [-0.25, -0.2) is 4.79 Å². The molecule has 0 aromatic heterocycles. The van der Waals surface area contributed by atoms with Crippen molar-refractivity contribution >= 4 is 6.03 Å². The number of hydrogen-bond donors (Lipinski definition) is 3. The summed E-state index contributed by atoms with van der Waals surface area (Å²) in [6.45, 7) is 8.34. The van der Waals surface area contributed by atoms with Crippen LogP contribution in [-0.2, 0) is 6.54 Å². The van der Waals surface area contributed by atoms with Gasteiger partial charge < -0.3 is 15.7 Å². The molecule has 2 unspecified atom stereocenters. The molecule has 1 saturated heterocycles. The summed E-state index contributed by atoms with van der Waals surface area (Å²) in [5.41, 5.74) is 0.529. The summed E-state index contributed by atoms with van der Waals surface area (Å²) in [7, 11) is 0. The van der Waals surface area contributed by atoms with Crippen LogP contribution in [0.25, 0.3) is 0 Å². The standard InChI is InChI=1S/C20H33N3O2/c1-4-20(25,5-2)15-21-19(24)22-18-11-12-23(16(3)13-18)14-17-9-7-6-8-10-17/h6-10,16,18,25H,4-5,11-15H2,1-3H3,(H2,21,22,24). The predicted octanol–water partition coefficient (Wildman–Crippen LogP) is 2.89. The molecule has 1 aromatic carbocycles. The normalized spacial score (nSPS) is 21.8. The predicted molar refractivity (Wildman–Crippen MR) is 101 cm³/mol. The monoisotopic (exact) mass is 347 g/mol. The van der Waals surface area contributed by atoms with E-state index >= 15 is 0 Å². The van der Waals surface area contributed by atoms with Crippen molar-refractivity contribution in [1.82, 2.24) is 15.5 Å². The molecule has 1 fully saturated rings. The number of aliphatic hydroxyl groups is 1. The van der Waals surface area contributed by atoms with Gasteiger partial charge in [-0.05, 0) is 38.2 Å². The van der Waals surface area contributed by atoms with Gasteiger partial charge in [-0.2, -0.15) is 0 Å². The highest BCUT2D eigenvalue weighted by Crippen LogP contribution is 2.20. The van der Waals surface area contributed by atoms with Gasteiger partial charge in [0.25, 0.3) is 0 Å². The molecule has 2 atom stereocenters. The number of carbonyl (C=O) groups excluding carboxylic acids is 1. The average molecular weight is 348 g/mol. The summed E-state index contributed by atoms with van der Waals surface area (Å²) in [6, 6.07) is 11.0. The van der Waals surface area contributed by atoms with Gasteiger partial charge in [0.05, 0.1) is 5.60 Å². The van der Waals surface area contributed by atoms with Crippen molar-refractivity contribution < 1.29 is 9.90 Å². The quantitative estimate of drug-likeness (QED) is 0.711. The van der Waals surface area contributed by atoms with Crippen molar-refractivity contribution in [2.45, 2.75) is 70.7 Å². The topological polar surface area (TPSA) is 64.6 Å². The van der Waals surface area contributed by atoms with Crippen LogP contribution in [0.5, 0.6) is 0 Å². The van der Waals surface area contributed by atoms with Crippen molar-refractivity contribution in [3.8, 4) is 0 Å². The third-order valence-electron chi connectivity index (χ3n) is 5.47. The Morgan fingerprint density at radius 3 is 2.56 bits per heavy atom. The Labute approximate surface area is 151 Å².